The maximum Gasteiger partial charge on any atom is 0.253 e. The van der Waals surface area contributed by atoms with Gasteiger partial charge in [-0.2, -0.15) is 0 Å². The van der Waals surface area contributed by atoms with E-state index in [-0.39, 0.29) is 11.7 Å². The molecule has 3 aromatic rings. The van der Waals surface area contributed by atoms with Crippen LogP contribution in [0.2, 0.25) is 0 Å². The van der Waals surface area contributed by atoms with Gasteiger partial charge >= 0.3 is 0 Å². The van der Waals surface area contributed by atoms with E-state index in [1.54, 1.807) is 24.4 Å². The first-order valence-corrected chi connectivity index (χ1v) is 7.57. The molecule has 3 N–H and O–H groups in total. The zero-order valence-electron chi connectivity index (χ0n) is 12.6. The normalized spacial score (nSPS) is 13.5. The second-order valence-corrected chi connectivity index (χ2v) is 5.68. The Bertz CT molecular complexity index is 949. The van der Waals surface area contributed by atoms with Crippen molar-refractivity contribution < 1.29 is 14.3 Å². The molecule has 3 heterocycles. The molecule has 0 spiro atoms. The highest BCUT2D eigenvalue weighted by Crippen LogP contribution is 2.29. The summed E-state index contributed by atoms with van der Waals surface area (Å²) in [6.45, 7) is 0.617. The van der Waals surface area contributed by atoms with E-state index in [0.717, 1.165) is 29.4 Å². The van der Waals surface area contributed by atoms with Gasteiger partial charge in [0.05, 0.1) is 11.3 Å². The van der Waals surface area contributed by atoms with Crippen molar-refractivity contribution in [3.05, 3.63) is 59.7 Å². The minimum Gasteiger partial charge on any atom is -0.508 e. The number of hydrogen-bond donors (Lipinski definition) is 3. The summed E-state index contributed by atoms with van der Waals surface area (Å²) in [5.41, 5.74) is 3.92. The van der Waals surface area contributed by atoms with Gasteiger partial charge in [-0.15, -0.1) is 0 Å². The molecule has 2 aromatic heterocycles. The van der Waals surface area contributed by atoms with Gasteiger partial charge in [0.1, 0.15) is 11.6 Å². The molecule has 1 amide bonds. The summed E-state index contributed by atoms with van der Waals surface area (Å²) in [4.78, 5) is 19.3. The van der Waals surface area contributed by atoms with E-state index in [0.29, 0.717) is 23.4 Å². The molecule has 1 aliphatic heterocycles. The Balaban J connectivity index is 1.77. The lowest BCUT2D eigenvalue weighted by Crippen LogP contribution is -2.31. The SMILES string of the molecule is O=C1NCCc2[nH]c(-c3ccnc(-c4ccc(O)cc4F)c3)cc21. The van der Waals surface area contributed by atoms with E-state index in [4.69, 9.17) is 0 Å². The van der Waals surface area contributed by atoms with Crippen LogP contribution in [0.25, 0.3) is 22.5 Å². The Kier molecular flexibility index (Phi) is 3.30. The minimum absolute atomic E-state index is 0.0855. The Morgan fingerprint density at radius 3 is 2.79 bits per heavy atom. The molecule has 0 radical (unpaired) electrons. The molecule has 0 aliphatic carbocycles. The number of nitrogens with zero attached hydrogens (tertiary/aromatic N) is 1. The summed E-state index contributed by atoms with van der Waals surface area (Å²) in [5.74, 6) is -0.752. The first kappa shape index (κ1) is 14.4. The molecular weight excluding hydrogens is 309 g/mol. The lowest BCUT2D eigenvalue weighted by molar-refractivity contribution is 0.0946. The van der Waals surface area contributed by atoms with Crippen LogP contribution < -0.4 is 5.32 Å². The van der Waals surface area contributed by atoms with Crippen LogP contribution in [-0.4, -0.2) is 27.5 Å². The molecule has 1 aromatic carbocycles. The van der Waals surface area contributed by atoms with Crippen molar-refractivity contribution >= 4 is 5.91 Å². The summed E-state index contributed by atoms with van der Waals surface area (Å²) in [5, 5.41) is 12.1. The van der Waals surface area contributed by atoms with Gasteiger partial charge in [-0.1, -0.05) is 0 Å². The third-order valence-electron chi connectivity index (χ3n) is 4.10. The molecule has 4 rings (SSSR count). The lowest BCUT2D eigenvalue weighted by atomic mass is 10.1. The number of H-pyrrole nitrogens is 1. The predicted octanol–water partition coefficient (Wildman–Crippen LogP) is 2.87. The number of halogens is 1. The molecule has 0 bridgehead atoms. The molecule has 0 saturated heterocycles. The van der Waals surface area contributed by atoms with Gasteiger partial charge in [-0.3, -0.25) is 9.78 Å². The predicted molar refractivity (Wildman–Crippen MR) is 87.1 cm³/mol. The third-order valence-corrected chi connectivity index (χ3v) is 4.10. The van der Waals surface area contributed by atoms with Crippen LogP contribution in [-0.2, 0) is 6.42 Å². The van der Waals surface area contributed by atoms with E-state index < -0.39 is 5.82 Å². The van der Waals surface area contributed by atoms with E-state index in [9.17, 15) is 14.3 Å². The monoisotopic (exact) mass is 323 g/mol. The van der Waals surface area contributed by atoms with Crippen molar-refractivity contribution in [1.29, 1.82) is 0 Å². The maximum atomic E-state index is 14.0. The van der Waals surface area contributed by atoms with Gasteiger partial charge in [-0.25, -0.2) is 4.39 Å². The number of carbonyl (C=O) groups excluding carboxylic acids is 1. The van der Waals surface area contributed by atoms with Crippen LogP contribution in [0.5, 0.6) is 5.75 Å². The Labute approximate surface area is 137 Å². The fraction of sp³-hybridized carbons (Fsp3) is 0.111. The number of aromatic amines is 1. The number of rotatable bonds is 2. The summed E-state index contributed by atoms with van der Waals surface area (Å²) in [7, 11) is 0. The second-order valence-electron chi connectivity index (χ2n) is 5.68. The number of phenols is 1. The summed E-state index contributed by atoms with van der Waals surface area (Å²) in [6.07, 6.45) is 2.35. The Morgan fingerprint density at radius 1 is 1.12 bits per heavy atom. The molecule has 0 fully saturated rings. The van der Waals surface area contributed by atoms with Crippen LogP contribution in [0, 0.1) is 5.82 Å². The van der Waals surface area contributed by atoms with E-state index >= 15 is 0 Å². The van der Waals surface area contributed by atoms with E-state index in [2.05, 4.69) is 15.3 Å². The molecular formula is C18H14FN3O2. The van der Waals surface area contributed by atoms with Crippen molar-refractivity contribution in [1.82, 2.24) is 15.3 Å². The molecule has 6 heteroatoms. The van der Waals surface area contributed by atoms with Gasteiger partial charge in [0, 0.05) is 47.7 Å². The molecule has 0 saturated carbocycles. The number of nitrogens with one attached hydrogen (secondary N) is 2. The first-order valence-electron chi connectivity index (χ1n) is 7.57. The zero-order valence-corrected chi connectivity index (χ0v) is 12.6. The molecule has 120 valence electrons. The van der Waals surface area contributed by atoms with E-state index in [1.807, 2.05) is 0 Å². The number of benzene rings is 1. The largest absolute Gasteiger partial charge is 0.508 e. The summed E-state index contributed by atoms with van der Waals surface area (Å²) < 4.78 is 14.0. The van der Waals surface area contributed by atoms with Gasteiger partial charge in [0.2, 0.25) is 0 Å². The summed E-state index contributed by atoms with van der Waals surface area (Å²) in [6, 6.07) is 9.33. The Morgan fingerprint density at radius 2 is 2.00 bits per heavy atom. The highest BCUT2D eigenvalue weighted by atomic mass is 19.1. The number of phenolic OH excluding ortho intramolecular Hbond substituents is 1. The van der Waals surface area contributed by atoms with Gasteiger partial charge in [0.15, 0.2) is 0 Å². The number of aromatic nitrogens is 2. The second kappa shape index (κ2) is 5.49. The maximum absolute atomic E-state index is 14.0. The smallest absolute Gasteiger partial charge is 0.253 e. The van der Waals surface area contributed by atoms with Crippen LogP contribution in [0.1, 0.15) is 16.1 Å². The average molecular weight is 323 g/mol. The number of carbonyl (C=O) groups is 1. The average Bonchev–Trinajstić information content (AvgIpc) is 3.01. The first-order chi connectivity index (χ1) is 11.6. The topological polar surface area (TPSA) is 78.0 Å². The number of pyridine rings is 1. The number of hydrogen-bond acceptors (Lipinski definition) is 3. The van der Waals surface area contributed by atoms with Crippen molar-refractivity contribution in [3.63, 3.8) is 0 Å². The highest BCUT2D eigenvalue weighted by molar-refractivity contribution is 5.97. The minimum atomic E-state index is -0.537. The van der Waals surface area contributed by atoms with Crippen LogP contribution >= 0.6 is 0 Å². The highest BCUT2D eigenvalue weighted by Gasteiger charge is 2.20. The van der Waals surface area contributed by atoms with Gasteiger partial charge in [-0.05, 0) is 30.3 Å². The zero-order chi connectivity index (χ0) is 16.7. The summed E-state index contributed by atoms with van der Waals surface area (Å²) >= 11 is 0. The molecule has 5 nitrogen and oxygen atoms in total. The van der Waals surface area contributed by atoms with Crippen molar-refractivity contribution in [2.45, 2.75) is 6.42 Å². The van der Waals surface area contributed by atoms with Crippen molar-refractivity contribution in [2.75, 3.05) is 6.54 Å². The molecule has 24 heavy (non-hydrogen) atoms. The van der Waals surface area contributed by atoms with Crippen molar-refractivity contribution in [3.8, 4) is 28.3 Å². The van der Waals surface area contributed by atoms with Crippen LogP contribution in [0.3, 0.4) is 0 Å². The number of fused-ring (bicyclic) bond motifs is 1. The van der Waals surface area contributed by atoms with Crippen molar-refractivity contribution in [2.24, 2.45) is 0 Å². The Hall–Kier alpha value is -3.15. The molecule has 0 atom stereocenters. The van der Waals surface area contributed by atoms with Gasteiger partial charge in [0.25, 0.3) is 5.91 Å². The number of amides is 1. The fourth-order valence-corrected chi connectivity index (χ4v) is 2.91. The molecule has 0 unspecified atom stereocenters. The lowest BCUT2D eigenvalue weighted by Gasteiger charge is -2.11. The molecule has 1 aliphatic rings. The van der Waals surface area contributed by atoms with E-state index in [1.165, 1.54) is 12.1 Å². The quantitative estimate of drug-likeness (QED) is 0.678. The number of aromatic hydroxyl groups is 1. The fourth-order valence-electron chi connectivity index (χ4n) is 2.91. The standard InChI is InChI=1S/C18H14FN3O2/c19-14-8-11(23)1-2-12(14)17-7-10(3-5-20-17)16-9-13-15(22-16)4-6-21-18(13)24/h1-3,5,7-9,22-23H,4,6H2,(H,21,24). The third kappa shape index (κ3) is 2.42. The van der Waals surface area contributed by atoms with Gasteiger partial charge < -0.3 is 15.4 Å². The van der Waals surface area contributed by atoms with Crippen LogP contribution in [0.4, 0.5) is 4.39 Å². The van der Waals surface area contributed by atoms with Crippen LogP contribution in [0.15, 0.2) is 42.6 Å².